The zero-order valence-electron chi connectivity index (χ0n) is 15.0. The number of hydrogen-bond acceptors (Lipinski definition) is 3. The minimum atomic E-state index is -4.14. The molecular weight excluding hydrogens is 374 g/mol. The number of aryl methyl sites for hydroxylation is 1. The van der Waals surface area contributed by atoms with Crippen LogP contribution < -0.4 is 4.72 Å². The van der Waals surface area contributed by atoms with Crippen molar-refractivity contribution < 1.29 is 22.0 Å². The Bertz CT molecular complexity index is 992. The van der Waals surface area contributed by atoms with E-state index in [-0.39, 0.29) is 18.0 Å². The highest BCUT2D eigenvalue weighted by Crippen LogP contribution is 2.29. The average molecular weight is 394 g/mol. The van der Waals surface area contributed by atoms with Gasteiger partial charge in [0.1, 0.15) is 16.5 Å². The van der Waals surface area contributed by atoms with Gasteiger partial charge >= 0.3 is 0 Å². The van der Waals surface area contributed by atoms with Gasteiger partial charge in [-0.3, -0.25) is 4.79 Å². The molecule has 3 rings (SSSR count). The lowest BCUT2D eigenvalue weighted by Gasteiger charge is -2.20. The molecule has 27 heavy (non-hydrogen) atoms. The molecule has 1 amide bonds. The number of benzene rings is 2. The van der Waals surface area contributed by atoms with Crippen molar-refractivity contribution in [1.82, 2.24) is 9.62 Å². The number of sulfonamides is 1. The van der Waals surface area contributed by atoms with Crippen molar-refractivity contribution in [1.29, 1.82) is 0 Å². The van der Waals surface area contributed by atoms with Crippen LogP contribution in [0.5, 0.6) is 0 Å². The monoisotopic (exact) mass is 394 g/mol. The molecule has 1 atom stereocenters. The molecule has 0 spiro atoms. The second kappa shape index (κ2) is 7.36. The number of hydrogen-bond donors (Lipinski definition) is 1. The molecule has 2 aromatic rings. The maximum atomic E-state index is 14.3. The summed E-state index contributed by atoms with van der Waals surface area (Å²) in [6.07, 6.45) is 0.297. The van der Waals surface area contributed by atoms with Crippen LogP contribution in [0.4, 0.5) is 8.78 Å². The van der Waals surface area contributed by atoms with E-state index in [1.807, 2.05) is 0 Å². The van der Waals surface area contributed by atoms with Crippen molar-refractivity contribution in [2.75, 3.05) is 6.54 Å². The number of carbonyl (C=O) groups excluding carboxylic acids is 1. The van der Waals surface area contributed by atoms with Crippen molar-refractivity contribution in [2.45, 2.75) is 37.8 Å². The zero-order chi connectivity index (χ0) is 19.8. The first-order valence-corrected chi connectivity index (χ1v) is 9.98. The van der Waals surface area contributed by atoms with Gasteiger partial charge in [-0.1, -0.05) is 18.2 Å². The SMILES string of the molecule is CC(=O)N1CCC(NS(=O)(=O)c2cccc(C)c2F)c2ccc(F)cc2C1. The van der Waals surface area contributed by atoms with E-state index < -0.39 is 32.6 Å². The largest absolute Gasteiger partial charge is 0.339 e. The lowest BCUT2D eigenvalue weighted by molar-refractivity contribution is -0.129. The van der Waals surface area contributed by atoms with E-state index in [1.54, 1.807) is 0 Å². The Hall–Kier alpha value is -2.32. The van der Waals surface area contributed by atoms with Crippen LogP contribution in [0, 0.1) is 18.6 Å². The molecule has 0 radical (unpaired) electrons. The van der Waals surface area contributed by atoms with Crippen molar-refractivity contribution >= 4 is 15.9 Å². The summed E-state index contributed by atoms with van der Waals surface area (Å²) >= 11 is 0. The number of nitrogens with one attached hydrogen (secondary N) is 1. The van der Waals surface area contributed by atoms with Gasteiger partial charge in [0, 0.05) is 26.1 Å². The van der Waals surface area contributed by atoms with E-state index >= 15 is 0 Å². The smallest absolute Gasteiger partial charge is 0.244 e. The second-order valence-corrected chi connectivity index (χ2v) is 8.32. The Morgan fingerprint density at radius 1 is 1.22 bits per heavy atom. The molecular formula is C19H20F2N2O3S. The van der Waals surface area contributed by atoms with E-state index in [9.17, 15) is 22.0 Å². The molecule has 1 aliphatic heterocycles. The molecule has 1 unspecified atom stereocenters. The molecule has 144 valence electrons. The summed E-state index contributed by atoms with van der Waals surface area (Å²) in [4.78, 5) is 12.9. The average Bonchev–Trinajstić information content (AvgIpc) is 2.76. The second-order valence-electron chi connectivity index (χ2n) is 6.63. The first-order chi connectivity index (χ1) is 12.7. The van der Waals surface area contributed by atoms with E-state index in [2.05, 4.69) is 4.72 Å². The van der Waals surface area contributed by atoms with Gasteiger partial charge in [-0.2, -0.15) is 0 Å². The van der Waals surface area contributed by atoms with Gasteiger partial charge in [0.05, 0.1) is 0 Å². The Labute approximate surface area is 157 Å². The highest BCUT2D eigenvalue weighted by molar-refractivity contribution is 7.89. The van der Waals surface area contributed by atoms with Gasteiger partial charge in [-0.05, 0) is 48.2 Å². The maximum absolute atomic E-state index is 14.3. The number of halogens is 2. The molecule has 0 aliphatic carbocycles. The van der Waals surface area contributed by atoms with Crippen molar-refractivity contribution in [3.8, 4) is 0 Å². The zero-order valence-corrected chi connectivity index (χ0v) is 15.8. The minimum Gasteiger partial charge on any atom is -0.339 e. The van der Waals surface area contributed by atoms with E-state index in [1.165, 1.54) is 55.1 Å². The molecule has 0 saturated carbocycles. The molecule has 0 aromatic heterocycles. The highest BCUT2D eigenvalue weighted by atomic mass is 32.2. The van der Waals surface area contributed by atoms with Gasteiger partial charge < -0.3 is 4.90 Å². The van der Waals surface area contributed by atoms with Crippen LogP contribution in [0.15, 0.2) is 41.3 Å². The first kappa shape index (κ1) is 19.4. The molecule has 0 fully saturated rings. The normalized spacial score (nSPS) is 17.3. The van der Waals surface area contributed by atoms with Crippen molar-refractivity contribution in [3.63, 3.8) is 0 Å². The number of carbonyl (C=O) groups is 1. The van der Waals surface area contributed by atoms with Crippen LogP contribution in [0.2, 0.25) is 0 Å². The van der Waals surface area contributed by atoms with E-state index in [0.29, 0.717) is 24.1 Å². The predicted octanol–water partition coefficient (Wildman–Crippen LogP) is 3.05. The third-order valence-corrected chi connectivity index (χ3v) is 6.21. The van der Waals surface area contributed by atoms with E-state index in [0.717, 1.165) is 0 Å². The number of rotatable bonds is 3. The fraction of sp³-hybridized carbons (Fsp3) is 0.316. The van der Waals surface area contributed by atoms with Gasteiger partial charge in [-0.15, -0.1) is 0 Å². The molecule has 0 bridgehead atoms. The number of nitrogens with zero attached hydrogens (tertiary/aromatic N) is 1. The Morgan fingerprint density at radius 3 is 2.67 bits per heavy atom. The third-order valence-electron chi connectivity index (χ3n) is 4.72. The lowest BCUT2D eigenvalue weighted by atomic mass is 10.00. The Balaban J connectivity index is 1.99. The van der Waals surface area contributed by atoms with Crippen molar-refractivity contribution in [3.05, 3.63) is 64.7 Å². The Kier molecular flexibility index (Phi) is 5.30. The molecule has 8 heteroatoms. The van der Waals surface area contributed by atoms with Gasteiger partial charge in [0.2, 0.25) is 15.9 Å². The molecule has 1 N–H and O–H groups in total. The summed E-state index contributed by atoms with van der Waals surface area (Å²) in [6.45, 7) is 3.39. The minimum absolute atomic E-state index is 0.182. The molecule has 1 aliphatic rings. The summed E-state index contributed by atoms with van der Waals surface area (Å²) in [5, 5.41) is 0. The number of amides is 1. The van der Waals surface area contributed by atoms with Gasteiger partial charge in [0.25, 0.3) is 0 Å². The van der Waals surface area contributed by atoms with Gasteiger partial charge in [-0.25, -0.2) is 21.9 Å². The molecule has 0 saturated heterocycles. The van der Waals surface area contributed by atoms with Crippen LogP contribution in [0.1, 0.15) is 36.1 Å². The van der Waals surface area contributed by atoms with Gasteiger partial charge in [0.15, 0.2) is 0 Å². The highest BCUT2D eigenvalue weighted by Gasteiger charge is 2.29. The Morgan fingerprint density at radius 2 is 1.96 bits per heavy atom. The summed E-state index contributed by atoms with van der Waals surface area (Å²) in [6, 6.07) is 7.52. The van der Waals surface area contributed by atoms with Crippen LogP contribution in [0.25, 0.3) is 0 Å². The quantitative estimate of drug-likeness (QED) is 0.870. The number of fused-ring (bicyclic) bond motifs is 1. The fourth-order valence-electron chi connectivity index (χ4n) is 3.25. The maximum Gasteiger partial charge on any atom is 0.244 e. The molecule has 1 heterocycles. The molecule has 5 nitrogen and oxygen atoms in total. The standard InChI is InChI=1S/C19H20F2N2O3S/c1-12-4-3-5-18(19(12)21)27(25,26)22-17-8-9-23(13(2)24)11-14-10-15(20)6-7-16(14)17/h3-7,10,17,22H,8-9,11H2,1-2H3. The summed E-state index contributed by atoms with van der Waals surface area (Å²) in [5.74, 6) is -1.45. The first-order valence-electron chi connectivity index (χ1n) is 8.50. The van der Waals surface area contributed by atoms with Crippen LogP contribution in [0.3, 0.4) is 0 Å². The van der Waals surface area contributed by atoms with Crippen molar-refractivity contribution in [2.24, 2.45) is 0 Å². The lowest BCUT2D eigenvalue weighted by Crippen LogP contribution is -2.32. The summed E-state index contributed by atoms with van der Waals surface area (Å²) < 4.78 is 56.1. The third kappa shape index (κ3) is 4.01. The predicted molar refractivity (Wildman–Crippen MR) is 96.3 cm³/mol. The topological polar surface area (TPSA) is 66.5 Å². The summed E-state index contributed by atoms with van der Waals surface area (Å²) in [7, 11) is -4.14. The van der Waals surface area contributed by atoms with Crippen LogP contribution in [-0.2, 0) is 21.4 Å². The van der Waals surface area contributed by atoms with E-state index in [4.69, 9.17) is 0 Å². The van der Waals surface area contributed by atoms with Crippen LogP contribution >= 0.6 is 0 Å². The molecule has 2 aromatic carbocycles. The summed E-state index contributed by atoms with van der Waals surface area (Å²) in [5.41, 5.74) is 1.33. The fourth-order valence-corrected chi connectivity index (χ4v) is 4.65. The van der Waals surface area contributed by atoms with Crippen LogP contribution in [-0.4, -0.2) is 25.8 Å².